The molecule has 1 aliphatic heterocycles. The molecule has 5 nitrogen and oxygen atoms in total. The number of carbonyl (C=O) groups is 3. The van der Waals surface area contributed by atoms with Gasteiger partial charge in [-0.05, 0) is 0 Å². The number of carboxylic acid groups (broad SMARTS) is 1. The van der Waals surface area contributed by atoms with Crippen LogP contribution in [0.2, 0.25) is 0 Å². The van der Waals surface area contributed by atoms with Crippen molar-refractivity contribution in [2.75, 3.05) is 7.05 Å². The van der Waals surface area contributed by atoms with E-state index in [9.17, 15) is 19.5 Å². The Hall–Kier alpha value is -1.04. The Morgan fingerprint density at radius 1 is 1.67 bits per heavy atom. The second-order valence-electron chi connectivity index (χ2n) is 2.35. The molecule has 1 atom stereocenters. The summed E-state index contributed by atoms with van der Waals surface area (Å²) in [6.07, 6.45) is -0.403. The van der Waals surface area contributed by atoms with Crippen LogP contribution >= 0.6 is 11.8 Å². The van der Waals surface area contributed by atoms with E-state index < -0.39 is 28.8 Å². The van der Waals surface area contributed by atoms with E-state index in [0.29, 0.717) is 0 Å². The minimum Gasteiger partial charge on any atom is -0.550 e. The van der Waals surface area contributed by atoms with Crippen molar-refractivity contribution in [2.45, 2.75) is 11.7 Å². The number of imide groups is 1. The van der Waals surface area contributed by atoms with E-state index in [4.69, 9.17) is 0 Å². The van der Waals surface area contributed by atoms with E-state index in [1.807, 2.05) is 0 Å². The smallest absolute Gasteiger partial charge is 0.288 e. The standard InChI is InChI=1S/C6H7NO4S/c1-7-5(10)3(2-4(8)9)12-6(7)11/h3H,2H2,1H3,(H,8,9)/p-1. The first-order valence-electron chi connectivity index (χ1n) is 3.20. The quantitative estimate of drug-likeness (QED) is 0.545. The Labute approximate surface area is 72.7 Å². The van der Waals surface area contributed by atoms with Crippen molar-refractivity contribution in [3.63, 3.8) is 0 Å². The van der Waals surface area contributed by atoms with Gasteiger partial charge in [-0.15, -0.1) is 0 Å². The van der Waals surface area contributed by atoms with Crippen LogP contribution in [0.25, 0.3) is 0 Å². The lowest BCUT2D eigenvalue weighted by atomic mass is 10.3. The van der Waals surface area contributed by atoms with Crippen LogP contribution in [0.5, 0.6) is 0 Å². The first-order valence-corrected chi connectivity index (χ1v) is 4.08. The third-order valence-electron chi connectivity index (χ3n) is 1.48. The molecule has 0 aromatic rings. The monoisotopic (exact) mass is 188 g/mol. The van der Waals surface area contributed by atoms with Crippen molar-refractivity contribution < 1.29 is 19.5 Å². The van der Waals surface area contributed by atoms with Crippen molar-refractivity contribution in [1.82, 2.24) is 4.90 Å². The molecular formula is C6H6NO4S-. The highest BCUT2D eigenvalue weighted by atomic mass is 32.2. The third kappa shape index (κ3) is 1.58. The zero-order valence-corrected chi connectivity index (χ0v) is 7.09. The maximum absolute atomic E-state index is 11.0. The van der Waals surface area contributed by atoms with Crippen LogP contribution in [0.15, 0.2) is 0 Å². The van der Waals surface area contributed by atoms with E-state index in [-0.39, 0.29) is 0 Å². The first-order chi connectivity index (χ1) is 5.52. The van der Waals surface area contributed by atoms with Crippen molar-refractivity contribution in [3.8, 4) is 0 Å². The molecule has 12 heavy (non-hydrogen) atoms. The molecule has 0 saturated carbocycles. The molecule has 66 valence electrons. The predicted octanol–water partition coefficient (Wildman–Crippen LogP) is -1.18. The fraction of sp³-hybridized carbons (Fsp3) is 0.500. The summed E-state index contributed by atoms with van der Waals surface area (Å²) in [6, 6.07) is 0. The summed E-state index contributed by atoms with van der Waals surface area (Å²) in [5.41, 5.74) is 0. The summed E-state index contributed by atoms with van der Waals surface area (Å²) in [5, 5.41) is 8.90. The van der Waals surface area contributed by atoms with Crippen LogP contribution in [-0.2, 0) is 9.59 Å². The van der Waals surface area contributed by atoms with Gasteiger partial charge in [-0.3, -0.25) is 14.5 Å². The lowest BCUT2D eigenvalue weighted by Gasteiger charge is -2.06. The number of thioether (sulfide) groups is 1. The first kappa shape index (κ1) is 9.05. The second kappa shape index (κ2) is 3.14. The van der Waals surface area contributed by atoms with Gasteiger partial charge in [0, 0.05) is 19.4 Å². The maximum Gasteiger partial charge on any atom is 0.288 e. The molecule has 1 rings (SSSR count). The van der Waals surface area contributed by atoms with Gasteiger partial charge in [-0.1, -0.05) is 11.8 Å². The molecule has 6 heteroatoms. The van der Waals surface area contributed by atoms with Crippen molar-refractivity contribution >= 4 is 28.9 Å². The van der Waals surface area contributed by atoms with Gasteiger partial charge < -0.3 is 9.90 Å². The number of nitrogens with zero attached hydrogens (tertiary/aromatic N) is 1. The van der Waals surface area contributed by atoms with Gasteiger partial charge in [0.25, 0.3) is 5.24 Å². The van der Waals surface area contributed by atoms with Gasteiger partial charge in [0.1, 0.15) is 0 Å². The van der Waals surface area contributed by atoms with Crippen LogP contribution in [0, 0.1) is 0 Å². The van der Waals surface area contributed by atoms with Crippen LogP contribution in [-0.4, -0.2) is 34.3 Å². The Bertz CT molecular complexity index is 250. The maximum atomic E-state index is 11.0. The Balaban J connectivity index is 2.65. The minimum atomic E-state index is -1.32. The van der Waals surface area contributed by atoms with Crippen molar-refractivity contribution in [2.24, 2.45) is 0 Å². The van der Waals surface area contributed by atoms with Crippen molar-refractivity contribution in [3.05, 3.63) is 0 Å². The molecule has 1 unspecified atom stereocenters. The zero-order chi connectivity index (χ0) is 9.30. The third-order valence-corrected chi connectivity index (χ3v) is 2.60. The highest BCUT2D eigenvalue weighted by Gasteiger charge is 2.36. The average Bonchev–Trinajstić information content (AvgIpc) is 2.17. The van der Waals surface area contributed by atoms with Gasteiger partial charge in [-0.25, -0.2) is 0 Å². The number of carboxylic acids is 1. The van der Waals surface area contributed by atoms with Gasteiger partial charge >= 0.3 is 0 Å². The molecule has 0 spiro atoms. The number of amides is 2. The highest BCUT2D eigenvalue weighted by molar-refractivity contribution is 8.15. The summed E-state index contributed by atoms with van der Waals surface area (Å²) in [6.45, 7) is 0. The number of hydrogen-bond acceptors (Lipinski definition) is 5. The molecule has 1 aliphatic rings. The fourth-order valence-electron chi connectivity index (χ4n) is 0.837. The van der Waals surface area contributed by atoms with Gasteiger partial charge in [0.2, 0.25) is 5.91 Å². The van der Waals surface area contributed by atoms with Crippen LogP contribution in [0.1, 0.15) is 6.42 Å². The number of carbonyl (C=O) groups excluding carboxylic acids is 3. The number of rotatable bonds is 2. The van der Waals surface area contributed by atoms with Gasteiger partial charge in [0.05, 0.1) is 5.25 Å². The van der Waals surface area contributed by atoms with E-state index in [1.165, 1.54) is 7.05 Å². The molecule has 0 aliphatic carbocycles. The molecule has 1 heterocycles. The molecular weight excluding hydrogens is 182 g/mol. The lowest BCUT2D eigenvalue weighted by molar-refractivity contribution is -0.305. The predicted molar refractivity (Wildman–Crippen MR) is 39.2 cm³/mol. The lowest BCUT2D eigenvalue weighted by Crippen LogP contribution is -2.32. The average molecular weight is 188 g/mol. The minimum absolute atomic E-state index is 0.403. The molecule has 2 amide bonds. The fourth-order valence-corrected chi connectivity index (χ4v) is 1.81. The van der Waals surface area contributed by atoms with Crippen LogP contribution in [0.3, 0.4) is 0 Å². The summed E-state index contributed by atoms with van der Waals surface area (Å²) in [4.78, 5) is 32.9. The number of aliphatic carboxylic acids is 1. The molecule has 0 aromatic heterocycles. The summed E-state index contributed by atoms with van der Waals surface area (Å²) < 4.78 is 0. The van der Waals surface area contributed by atoms with Gasteiger partial charge in [-0.2, -0.15) is 0 Å². The van der Waals surface area contributed by atoms with Crippen LogP contribution in [0.4, 0.5) is 4.79 Å². The molecule has 0 aromatic carbocycles. The molecule has 0 bridgehead atoms. The SMILES string of the molecule is CN1C(=O)SC(CC(=O)[O-])C1=O. The second-order valence-corrected chi connectivity index (χ2v) is 3.50. The highest BCUT2D eigenvalue weighted by Crippen LogP contribution is 2.27. The normalized spacial score (nSPS) is 23.4. The molecule has 0 radical (unpaired) electrons. The Morgan fingerprint density at radius 2 is 2.25 bits per heavy atom. The largest absolute Gasteiger partial charge is 0.550 e. The van der Waals surface area contributed by atoms with E-state index in [1.54, 1.807) is 0 Å². The Morgan fingerprint density at radius 3 is 2.58 bits per heavy atom. The topological polar surface area (TPSA) is 77.5 Å². The summed E-state index contributed by atoms with van der Waals surface area (Å²) in [5.74, 6) is -1.78. The number of hydrogen-bond donors (Lipinski definition) is 0. The van der Waals surface area contributed by atoms with Crippen LogP contribution < -0.4 is 5.11 Å². The summed E-state index contributed by atoms with van der Waals surface area (Å²) >= 11 is 0.727. The molecule has 0 N–H and O–H groups in total. The molecule has 1 saturated heterocycles. The zero-order valence-electron chi connectivity index (χ0n) is 6.27. The Kier molecular flexibility index (Phi) is 2.37. The van der Waals surface area contributed by atoms with Gasteiger partial charge in [0.15, 0.2) is 0 Å². The van der Waals surface area contributed by atoms with E-state index in [2.05, 4.69) is 0 Å². The molecule has 1 fully saturated rings. The van der Waals surface area contributed by atoms with E-state index >= 15 is 0 Å². The van der Waals surface area contributed by atoms with Crippen molar-refractivity contribution in [1.29, 1.82) is 0 Å². The summed E-state index contributed by atoms with van der Waals surface area (Å²) in [7, 11) is 1.33. The van der Waals surface area contributed by atoms with E-state index in [0.717, 1.165) is 16.7 Å².